The zero-order valence-corrected chi connectivity index (χ0v) is 19.7. The van der Waals surface area contributed by atoms with Crippen LogP contribution in [0.3, 0.4) is 0 Å². The molecule has 0 bridgehead atoms. The van der Waals surface area contributed by atoms with Gasteiger partial charge in [0.15, 0.2) is 33.4 Å². The summed E-state index contributed by atoms with van der Waals surface area (Å²) >= 11 is 2.24. The van der Waals surface area contributed by atoms with Crippen LogP contribution in [0.5, 0.6) is 0 Å². The number of nitrogens with one attached hydrogen (secondary N) is 2. The highest BCUT2D eigenvalue weighted by Gasteiger charge is 2.24. The maximum atomic E-state index is 14.0. The average molecular weight is 500 g/mol. The standard InChI is InChI=1S/C20H23F2N5O4S2/c1-20(2,9-29)27-16-14-15(25-19(33-14)23-12(7-28)17(30)31-3)24-18(26-16)32-8-10-5-4-6-11(21)13(10)22/h4-6,12,28-29H,7-9H2,1-3H3,(H2,23,24,25,26,27)/t12-/m0/s1. The molecule has 0 fully saturated rings. The van der Waals surface area contributed by atoms with E-state index >= 15 is 0 Å². The first kappa shape index (κ1) is 25.0. The molecule has 4 N–H and O–H groups in total. The summed E-state index contributed by atoms with van der Waals surface area (Å²) in [6.07, 6.45) is 0. The normalized spacial score (nSPS) is 12.6. The van der Waals surface area contributed by atoms with Gasteiger partial charge in [-0.1, -0.05) is 35.2 Å². The van der Waals surface area contributed by atoms with Crippen LogP contribution in [0.25, 0.3) is 10.3 Å². The third-order valence-electron chi connectivity index (χ3n) is 4.44. The van der Waals surface area contributed by atoms with Crippen LogP contribution in [0, 0.1) is 11.6 Å². The molecule has 3 rings (SSSR count). The van der Waals surface area contributed by atoms with E-state index in [-0.39, 0.29) is 28.7 Å². The number of aromatic nitrogens is 3. The van der Waals surface area contributed by atoms with E-state index in [1.165, 1.54) is 19.2 Å². The van der Waals surface area contributed by atoms with Gasteiger partial charge in [0.2, 0.25) is 0 Å². The van der Waals surface area contributed by atoms with E-state index in [2.05, 4.69) is 30.3 Å². The van der Waals surface area contributed by atoms with Crippen molar-refractivity contribution in [1.29, 1.82) is 0 Å². The predicted molar refractivity (Wildman–Crippen MR) is 122 cm³/mol. The highest BCUT2D eigenvalue weighted by molar-refractivity contribution is 7.98. The molecule has 178 valence electrons. The minimum absolute atomic E-state index is 0.0854. The van der Waals surface area contributed by atoms with Gasteiger partial charge in [-0.3, -0.25) is 0 Å². The van der Waals surface area contributed by atoms with Gasteiger partial charge in [-0.25, -0.2) is 23.5 Å². The number of carbonyl (C=O) groups is 1. The number of anilines is 2. The Morgan fingerprint density at radius 1 is 1.27 bits per heavy atom. The number of hydrogen-bond donors (Lipinski definition) is 4. The maximum absolute atomic E-state index is 14.0. The third kappa shape index (κ3) is 6.05. The van der Waals surface area contributed by atoms with Crippen LogP contribution >= 0.6 is 23.1 Å². The lowest BCUT2D eigenvalue weighted by Gasteiger charge is -2.24. The molecule has 9 nitrogen and oxygen atoms in total. The fourth-order valence-corrected chi connectivity index (χ4v) is 4.36. The van der Waals surface area contributed by atoms with Gasteiger partial charge in [-0.2, -0.15) is 4.98 Å². The Kier molecular flexibility index (Phi) is 8.00. The molecule has 1 atom stereocenters. The molecule has 0 aliphatic rings. The number of ether oxygens (including phenoxy) is 1. The maximum Gasteiger partial charge on any atom is 0.330 e. The molecule has 0 saturated carbocycles. The van der Waals surface area contributed by atoms with Crippen molar-refractivity contribution in [2.45, 2.75) is 36.3 Å². The molecule has 33 heavy (non-hydrogen) atoms. The van der Waals surface area contributed by atoms with Crippen molar-refractivity contribution in [1.82, 2.24) is 15.0 Å². The first-order valence-corrected chi connectivity index (χ1v) is 11.6. The van der Waals surface area contributed by atoms with Crippen LogP contribution in [0.15, 0.2) is 23.4 Å². The molecule has 2 aromatic heterocycles. The number of thioether (sulfide) groups is 1. The zero-order chi connectivity index (χ0) is 24.2. The summed E-state index contributed by atoms with van der Waals surface area (Å²) in [6, 6.07) is 2.93. The Morgan fingerprint density at radius 2 is 2.03 bits per heavy atom. The van der Waals surface area contributed by atoms with Crippen LogP contribution in [-0.4, -0.2) is 63.0 Å². The second kappa shape index (κ2) is 10.5. The Morgan fingerprint density at radius 3 is 2.70 bits per heavy atom. The van der Waals surface area contributed by atoms with E-state index in [0.717, 1.165) is 29.2 Å². The van der Waals surface area contributed by atoms with Gasteiger partial charge in [0, 0.05) is 11.3 Å². The second-order valence-corrected chi connectivity index (χ2v) is 9.54. The molecule has 2 heterocycles. The molecule has 0 spiro atoms. The highest BCUT2D eigenvalue weighted by atomic mass is 32.2. The van der Waals surface area contributed by atoms with Crippen molar-refractivity contribution in [3.05, 3.63) is 35.4 Å². The lowest BCUT2D eigenvalue weighted by atomic mass is 10.1. The molecular formula is C20H23F2N5O4S2. The molecule has 0 aliphatic heterocycles. The molecule has 0 unspecified atom stereocenters. The van der Waals surface area contributed by atoms with Gasteiger partial charge in [0.25, 0.3) is 0 Å². The molecule has 3 aromatic rings. The summed E-state index contributed by atoms with van der Waals surface area (Å²) in [5.74, 6) is -2.05. The van der Waals surface area contributed by atoms with Gasteiger partial charge in [0.1, 0.15) is 10.7 Å². The first-order valence-electron chi connectivity index (χ1n) is 9.76. The van der Waals surface area contributed by atoms with Crippen molar-refractivity contribution in [3.8, 4) is 0 Å². The predicted octanol–water partition coefficient (Wildman–Crippen LogP) is 2.79. The fourth-order valence-electron chi connectivity index (χ4n) is 2.65. The molecule has 0 saturated heterocycles. The van der Waals surface area contributed by atoms with E-state index in [1.54, 1.807) is 13.8 Å². The van der Waals surface area contributed by atoms with E-state index in [4.69, 9.17) is 0 Å². The van der Waals surface area contributed by atoms with Gasteiger partial charge < -0.3 is 25.6 Å². The summed E-state index contributed by atoms with van der Waals surface area (Å²) in [6.45, 7) is 2.86. The summed E-state index contributed by atoms with van der Waals surface area (Å²) in [5, 5.41) is 25.6. The Balaban J connectivity index is 1.95. The van der Waals surface area contributed by atoms with Crippen molar-refractivity contribution < 1.29 is 28.5 Å². The lowest BCUT2D eigenvalue weighted by molar-refractivity contribution is -0.142. The Labute approximate surface area is 196 Å². The van der Waals surface area contributed by atoms with Crippen molar-refractivity contribution in [2.24, 2.45) is 0 Å². The number of esters is 1. The van der Waals surface area contributed by atoms with E-state index in [1.807, 2.05) is 0 Å². The number of rotatable bonds is 10. The highest BCUT2D eigenvalue weighted by Crippen LogP contribution is 2.34. The minimum atomic E-state index is -1.02. The first-order chi connectivity index (χ1) is 15.7. The molecule has 0 amide bonds. The van der Waals surface area contributed by atoms with E-state index in [9.17, 15) is 23.8 Å². The van der Waals surface area contributed by atoms with E-state index < -0.39 is 35.8 Å². The number of hydrogen-bond acceptors (Lipinski definition) is 11. The molecule has 0 aliphatic carbocycles. The Hall–Kier alpha value is -2.61. The van der Waals surface area contributed by atoms with Crippen molar-refractivity contribution in [2.75, 3.05) is 31.0 Å². The molecule has 1 aromatic carbocycles. The summed E-state index contributed by atoms with van der Waals surface area (Å²) in [5.41, 5.74) is -0.273. The van der Waals surface area contributed by atoms with Gasteiger partial charge in [-0.05, 0) is 19.9 Å². The van der Waals surface area contributed by atoms with Gasteiger partial charge in [-0.15, -0.1) is 0 Å². The second-order valence-electron chi connectivity index (χ2n) is 7.60. The molecular weight excluding hydrogens is 476 g/mol. The Bertz CT molecular complexity index is 1150. The topological polar surface area (TPSA) is 129 Å². The fraction of sp³-hybridized carbons (Fsp3) is 0.400. The average Bonchev–Trinajstić information content (AvgIpc) is 3.20. The smallest absolute Gasteiger partial charge is 0.330 e. The summed E-state index contributed by atoms with van der Waals surface area (Å²) < 4.78 is 32.7. The summed E-state index contributed by atoms with van der Waals surface area (Å²) in [7, 11) is 1.21. The molecule has 13 heteroatoms. The van der Waals surface area contributed by atoms with Crippen molar-refractivity contribution >= 4 is 50.4 Å². The summed E-state index contributed by atoms with van der Waals surface area (Å²) in [4.78, 5) is 25.0. The van der Waals surface area contributed by atoms with Gasteiger partial charge in [0.05, 0.1) is 25.9 Å². The number of nitrogens with zero attached hydrogens (tertiary/aromatic N) is 3. The number of aliphatic hydroxyl groups is 2. The largest absolute Gasteiger partial charge is 0.467 e. The number of methoxy groups -OCH3 is 1. The van der Waals surface area contributed by atoms with E-state index in [0.29, 0.717) is 15.6 Å². The van der Waals surface area contributed by atoms with Crippen LogP contribution in [-0.2, 0) is 15.3 Å². The van der Waals surface area contributed by atoms with Crippen LogP contribution < -0.4 is 10.6 Å². The van der Waals surface area contributed by atoms with Crippen LogP contribution in [0.1, 0.15) is 19.4 Å². The third-order valence-corrected chi connectivity index (χ3v) is 6.32. The zero-order valence-electron chi connectivity index (χ0n) is 18.1. The number of carbonyl (C=O) groups excluding carboxylic acids is 1. The number of aliphatic hydroxyl groups excluding tert-OH is 2. The van der Waals surface area contributed by atoms with Crippen LogP contribution in [0.4, 0.5) is 19.7 Å². The monoisotopic (exact) mass is 499 g/mol. The molecule has 0 radical (unpaired) electrons. The quantitative estimate of drug-likeness (QED) is 0.188. The number of thiazole rings is 1. The van der Waals surface area contributed by atoms with Gasteiger partial charge >= 0.3 is 5.97 Å². The number of benzene rings is 1. The number of halogens is 2. The minimum Gasteiger partial charge on any atom is -0.467 e. The lowest BCUT2D eigenvalue weighted by Crippen LogP contribution is -2.35. The number of fused-ring (bicyclic) bond motifs is 1. The van der Waals surface area contributed by atoms with Crippen molar-refractivity contribution in [3.63, 3.8) is 0 Å². The van der Waals surface area contributed by atoms with Crippen LogP contribution in [0.2, 0.25) is 0 Å². The SMILES string of the molecule is COC(=O)[C@H](CO)Nc1nc2nc(SCc3cccc(F)c3F)nc(NC(C)(C)CO)c2s1.